The summed E-state index contributed by atoms with van der Waals surface area (Å²) in [5, 5.41) is 56.0. The maximum atomic E-state index is 14.6. The summed E-state index contributed by atoms with van der Waals surface area (Å²) in [5.41, 5.74) is 3.40. The van der Waals surface area contributed by atoms with Gasteiger partial charge in [0.05, 0.1) is 21.6 Å². The van der Waals surface area contributed by atoms with Crippen molar-refractivity contribution in [2.75, 3.05) is 62.6 Å². The number of anilines is 2. The van der Waals surface area contributed by atoms with Gasteiger partial charge in [0.1, 0.15) is 42.4 Å². The Morgan fingerprint density at radius 1 is 0.897 bits per heavy atom. The molecule has 0 spiro atoms. The van der Waals surface area contributed by atoms with Crippen LogP contribution >= 0.6 is 31.9 Å². The minimum atomic E-state index is -1.43. The molecule has 3 fully saturated rings. The van der Waals surface area contributed by atoms with Gasteiger partial charge in [-0.3, -0.25) is 24.7 Å². The van der Waals surface area contributed by atoms with Crippen molar-refractivity contribution >= 4 is 73.0 Å². The van der Waals surface area contributed by atoms with Gasteiger partial charge in [0, 0.05) is 89.0 Å². The number of fused-ring (bicyclic) bond motifs is 1. The van der Waals surface area contributed by atoms with E-state index in [0.717, 1.165) is 16.9 Å². The summed E-state index contributed by atoms with van der Waals surface area (Å²) in [6.45, 7) is 4.06. The SMILES string of the molecule is CC(=O)N[C@@H]1[C@@H](O)[C@H](O)[C@@H](CO)O[C@@H]1NCCCC[C@H](NC(=O)[C@@H](Cc1cc(Br)c(O)c(Br)c1)NC(=O)N1CCC(N2Cc3ccccc3NC2=O)CC1)C(=O)N1CCN(c2ccncc2)CC1. The first-order chi connectivity index (χ1) is 32.7. The number of aliphatic hydroxyl groups excluding tert-OH is 3. The summed E-state index contributed by atoms with van der Waals surface area (Å²) in [7, 11) is 0. The van der Waals surface area contributed by atoms with E-state index in [0.29, 0.717) is 86.0 Å². The molecule has 7 rings (SSSR count). The molecule has 68 heavy (non-hydrogen) atoms. The Bertz CT molecular complexity index is 2230. The minimum absolute atomic E-state index is 0.0144. The molecule has 4 aliphatic rings. The second-order valence-electron chi connectivity index (χ2n) is 17.6. The number of aliphatic hydroxyl groups is 3. The number of likely N-dealkylation sites (tertiary alicyclic amines) is 1. The number of phenols is 1. The molecule has 0 unspecified atom stereocenters. The first-order valence-corrected chi connectivity index (χ1v) is 24.5. The molecule has 0 bridgehead atoms. The highest BCUT2D eigenvalue weighted by Crippen LogP contribution is 2.34. The number of pyridine rings is 1. The van der Waals surface area contributed by atoms with Gasteiger partial charge in [0.2, 0.25) is 17.7 Å². The summed E-state index contributed by atoms with van der Waals surface area (Å²) in [6, 6.07) is 10.9. The van der Waals surface area contributed by atoms with Gasteiger partial charge in [0.15, 0.2) is 0 Å². The molecule has 4 aliphatic heterocycles. The van der Waals surface area contributed by atoms with Gasteiger partial charge in [-0.25, -0.2) is 9.59 Å². The zero-order valence-corrected chi connectivity index (χ0v) is 40.9. The summed E-state index contributed by atoms with van der Waals surface area (Å²) < 4.78 is 6.57. The molecule has 3 saturated heterocycles. The van der Waals surface area contributed by atoms with Crippen molar-refractivity contribution in [2.24, 2.45) is 0 Å². The predicted molar refractivity (Wildman–Crippen MR) is 257 cm³/mol. The molecule has 368 valence electrons. The van der Waals surface area contributed by atoms with Crippen LogP contribution < -0.4 is 31.5 Å². The molecule has 7 amide bonds. The monoisotopic (exact) mass is 1070 g/mol. The lowest BCUT2D eigenvalue weighted by Crippen LogP contribution is -2.67. The number of hydrogen-bond acceptors (Lipinski definition) is 13. The number of piperidine rings is 1. The Hall–Kier alpha value is -5.10. The molecule has 9 N–H and O–H groups in total. The van der Waals surface area contributed by atoms with Crippen molar-refractivity contribution in [1.29, 1.82) is 0 Å². The maximum Gasteiger partial charge on any atom is 0.322 e. The third-order valence-electron chi connectivity index (χ3n) is 13.0. The Morgan fingerprint density at radius 3 is 2.26 bits per heavy atom. The van der Waals surface area contributed by atoms with Gasteiger partial charge < -0.3 is 66.0 Å². The Labute approximate surface area is 411 Å². The van der Waals surface area contributed by atoms with Crippen LogP contribution in [0.2, 0.25) is 0 Å². The number of para-hydroxylation sites is 1. The average Bonchev–Trinajstić information content (AvgIpc) is 3.34. The number of aromatic hydroxyl groups is 1. The standard InChI is InChI=1S/C46H60Br2N10O10/c1-27(60)51-38-41(63)40(62)37(26-59)68-43(38)50-13-5-4-8-35(44(65)56-20-18-55(19-21-56)30-9-14-49-15-10-30)52-42(64)36(24-28-22-32(47)39(61)33(48)23-28)54-45(66)57-16-11-31(12-17-57)58-25-29-6-2-3-7-34(29)53-46(58)67/h2-3,6-7,9-10,14-15,22-23,31,35-38,40-41,43,50,59,61-63H,4-5,8,11-13,16-21,24-26H2,1H3,(H,51,60)(H,52,64)(H,53,67)(H,54,66)/t35-,36+,37+,38+,40+,41+,43-/m0/s1. The number of benzene rings is 2. The fourth-order valence-electron chi connectivity index (χ4n) is 9.21. The van der Waals surface area contributed by atoms with E-state index in [9.17, 15) is 44.4 Å². The van der Waals surface area contributed by atoms with Crippen molar-refractivity contribution in [2.45, 2.75) is 101 Å². The number of urea groups is 2. The topological polar surface area (TPSA) is 262 Å². The average molecular weight is 1070 g/mol. The lowest BCUT2D eigenvalue weighted by molar-refractivity contribution is -0.202. The molecule has 0 aliphatic carbocycles. The predicted octanol–water partition coefficient (Wildman–Crippen LogP) is 1.98. The van der Waals surface area contributed by atoms with E-state index in [-0.39, 0.29) is 43.1 Å². The molecule has 7 atom stereocenters. The summed E-state index contributed by atoms with van der Waals surface area (Å²) in [5.74, 6) is -1.34. The number of carbonyl (C=O) groups excluding carboxylic acids is 5. The van der Waals surface area contributed by atoms with Crippen LogP contribution in [0, 0.1) is 0 Å². The van der Waals surface area contributed by atoms with Crippen molar-refractivity contribution in [3.8, 4) is 5.75 Å². The Kier molecular flexibility index (Phi) is 17.5. The maximum absolute atomic E-state index is 14.6. The van der Waals surface area contributed by atoms with E-state index in [1.54, 1.807) is 39.2 Å². The molecular formula is C46H60Br2N10O10. The van der Waals surface area contributed by atoms with Crippen LogP contribution in [0.5, 0.6) is 5.75 Å². The lowest BCUT2D eigenvalue weighted by Gasteiger charge is -2.42. The first-order valence-electron chi connectivity index (χ1n) is 23.0. The second-order valence-corrected chi connectivity index (χ2v) is 19.3. The van der Waals surface area contributed by atoms with Crippen molar-refractivity contribution < 1.29 is 49.1 Å². The molecule has 0 radical (unpaired) electrons. The molecule has 5 heterocycles. The minimum Gasteiger partial charge on any atom is -0.506 e. The summed E-state index contributed by atoms with van der Waals surface area (Å²) in [4.78, 5) is 79.6. The van der Waals surface area contributed by atoms with E-state index in [1.165, 1.54) is 6.92 Å². The Balaban J connectivity index is 1.04. The van der Waals surface area contributed by atoms with Crippen LogP contribution in [-0.2, 0) is 32.1 Å². The van der Waals surface area contributed by atoms with Crippen LogP contribution in [0.25, 0.3) is 0 Å². The zero-order chi connectivity index (χ0) is 48.5. The number of halogens is 2. The Morgan fingerprint density at radius 2 is 1.59 bits per heavy atom. The van der Waals surface area contributed by atoms with Crippen LogP contribution in [0.1, 0.15) is 50.2 Å². The third kappa shape index (κ3) is 12.6. The fraction of sp³-hybridized carbons (Fsp3) is 0.522. The molecule has 3 aromatic rings. The number of unbranched alkanes of at least 4 members (excludes halogenated alkanes) is 1. The highest BCUT2D eigenvalue weighted by Gasteiger charge is 2.44. The number of nitrogens with zero attached hydrogens (tertiary/aromatic N) is 5. The number of nitrogens with one attached hydrogen (secondary N) is 5. The van der Waals surface area contributed by atoms with Gasteiger partial charge in [-0.1, -0.05) is 18.2 Å². The normalized spacial score (nSPS) is 23.0. The van der Waals surface area contributed by atoms with Gasteiger partial charge in [-0.15, -0.1) is 0 Å². The summed E-state index contributed by atoms with van der Waals surface area (Å²) >= 11 is 6.74. The lowest BCUT2D eigenvalue weighted by atomic mass is 9.96. The fourth-order valence-corrected chi connectivity index (χ4v) is 10.5. The third-order valence-corrected chi connectivity index (χ3v) is 14.2. The van der Waals surface area contributed by atoms with Crippen LogP contribution in [0.15, 0.2) is 69.9 Å². The molecule has 2 aromatic carbocycles. The van der Waals surface area contributed by atoms with Crippen molar-refractivity contribution in [3.63, 3.8) is 0 Å². The number of rotatable bonds is 16. The van der Waals surface area contributed by atoms with E-state index < -0.39 is 67.1 Å². The molecular weight excluding hydrogens is 1010 g/mol. The quantitative estimate of drug-likeness (QED) is 0.0932. The second kappa shape index (κ2) is 23.5. The van der Waals surface area contributed by atoms with E-state index in [2.05, 4.69) is 68.3 Å². The van der Waals surface area contributed by atoms with Gasteiger partial charge in [0.25, 0.3) is 0 Å². The first kappa shape index (κ1) is 50.8. The van der Waals surface area contributed by atoms with E-state index >= 15 is 0 Å². The number of ether oxygens (including phenoxy) is 1. The van der Waals surface area contributed by atoms with Crippen molar-refractivity contribution in [1.82, 2.24) is 41.0 Å². The smallest absolute Gasteiger partial charge is 0.322 e. The number of piperazine rings is 1. The van der Waals surface area contributed by atoms with Gasteiger partial charge in [-0.05, 0) is 112 Å². The van der Waals surface area contributed by atoms with E-state index in [1.807, 2.05) is 36.4 Å². The van der Waals surface area contributed by atoms with Crippen LogP contribution in [0.3, 0.4) is 0 Å². The zero-order valence-electron chi connectivity index (χ0n) is 37.7. The van der Waals surface area contributed by atoms with Crippen molar-refractivity contribution in [3.05, 3.63) is 81.0 Å². The molecule has 0 saturated carbocycles. The number of carbonyl (C=O) groups is 5. The number of hydrogen-bond donors (Lipinski definition) is 9. The number of aromatic nitrogens is 1. The summed E-state index contributed by atoms with van der Waals surface area (Å²) in [6.07, 6.45) is 0.738. The molecule has 20 nitrogen and oxygen atoms in total. The molecule has 22 heteroatoms. The van der Waals surface area contributed by atoms with Gasteiger partial charge >= 0.3 is 12.1 Å². The van der Waals surface area contributed by atoms with Crippen LogP contribution in [0.4, 0.5) is 21.0 Å². The highest BCUT2D eigenvalue weighted by atomic mass is 79.9. The number of amides is 7. The van der Waals surface area contributed by atoms with E-state index in [4.69, 9.17) is 4.74 Å². The highest BCUT2D eigenvalue weighted by molar-refractivity contribution is 9.11. The van der Waals surface area contributed by atoms with Gasteiger partial charge in [-0.2, -0.15) is 0 Å². The molecule has 1 aromatic heterocycles. The number of phenolic OH excluding ortho intramolecular Hbond substituents is 1. The largest absolute Gasteiger partial charge is 0.506 e. The van der Waals surface area contributed by atoms with Crippen LogP contribution in [-0.4, -0.2) is 171 Å².